The van der Waals surface area contributed by atoms with E-state index < -0.39 is 0 Å². The van der Waals surface area contributed by atoms with E-state index in [1.54, 1.807) is 11.3 Å². The molecular weight excluding hydrogens is 444 g/mol. The van der Waals surface area contributed by atoms with Gasteiger partial charge in [0.05, 0.1) is 5.69 Å². The summed E-state index contributed by atoms with van der Waals surface area (Å²) in [5.74, 6) is 0.808. The average molecular weight is 477 g/mol. The molecular formula is C24H33ClN4S2. The van der Waals surface area contributed by atoms with Gasteiger partial charge >= 0.3 is 0 Å². The zero-order chi connectivity index (χ0) is 20.5. The van der Waals surface area contributed by atoms with Gasteiger partial charge < -0.3 is 10.6 Å². The fourth-order valence-electron chi connectivity index (χ4n) is 5.34. The third-order valence-corrected chi connectivity index (χ3v) is 8.71. The Hall–Kier alpha value is -1.34. The number of hydrogen-bond donors (Lipinski definition) is 1. The number of nitrogens with zero attached hydrogens (tertiary/aromatic N) is 3. The van der Waals surface area contributed by atoms with Crippen LogP contribution >= 0.6 is 35.1 Å². The molecule has 0 radical (unpaired) electrons. The van der Waals surface area contributed by atoms with Crippen molar-refractivity contribution in [2.75, 3.05) is 36.8 Å². The SMILES string of the molecule is CCCN(CC1CCN(c2cccc3sccc23)CC1)[C@@H]1CCc2nc(N)sc2C1.Cl. The Morgan fingerprint density at radius 3 is 2.84 bits per heavy atom. The minimum atomic E-state index is 0. The highest BCUT2D eigenvalue weighted by Crippen LogP contribution is 2.34. The number of fused-ring (bicyclic) bond motifs is 2. The molecule has 7 heteroatoms. The Morgan fingerprint density at radius 2 is 2.03 bits per heavy atom. The summed E-state index contributed by atoms with van der Waals surface area (Å²) in [4.78, 5) is 11.4. The number of nitrogens with two attached hydrogens (primary N) is 1. The number of thiophene rings is 1. The van der Waals surface area contributed by atoms with E-state index in [-0.39, 0.29) is 12.4 Å². The van der Waals surface area contributed by atoms with Crippen molar-refractivity contribution in [1.82, 2.24) is 9.88 Å². The first kappa shape index (κ1) is 22.8. The Bertz CT molecular complexity index is 993. The number of hydrogen-bond acceptors (Lipinski definition) is 6. The molecule has 1 aromatic carbocycles. The summed E-state index contributed by atoms with van der Waals surface area (Å²) in [7, 11) is 0. The summed E-state index contributed by atoms with van der Waals surface area (Å²) < 4.78 is 1.41. The second kappa shape index (κ2) is 10.1. The fraction of sp³-hybridized carbons (Fsp3) is 0.542. The summed E-state index contributed by atoms with van der Waals surface area (Å²) in [6, 6.07) is 9.71. The number of aromatic nitrogens is 1. The molecule has 0 saturated carbocycles. The number of aryl methyl sites for hydroxylation is 1. The lowest BCUT2D eigenvalue weighted by molar-refractivity contribution is 0.143. The molecule has 0 spiro atoms. The zero-order valence-corrected chi connectivity index (χ0v) is 20.7. The first-order valence-electron chi connectivity index (χ1n) is 11.4. The topological polar surface area (TPSA) is 45.4 Å². The van der Waals surface area contributed by atoms with Crippen molar-refractivity contribution in [3.05, 3.63) is 40.2 Å². The number of anilines is 2. The molecule has 1 aliphatic carbocycles. The Labute approximate surface area is 199 Å². The lowest BCUT2D eigenvalue weighted by Gasteiger charge is -2.39. The summed E-state index contributed by atoms with van der Waals surface area (Å²) in [5.41, 5.74) is 8.66. The van der Waals surface area contributed by atoms with Gasteiger partial charge in [0.1, 0.15) is 0 Å². The van der Waals surface area contributed by atoms with E-state index in [1.807, 2.05) is 11.3 Å². The van der Waals surface area contributed by atoms with Gasteiger partial charge in [-0.05, 0) is 74.6 Å². The van der Waals surface area contributed by atoms with Gasteiger partial charge in [-0.2, -0.15) is 0 Å². The van der Waals surface area contributed by atoms with Crippen LogP contribution < -0.4 is 10.6 Å². The van der Waals surface area contributed by atoms with Crippen LogP contribution in [0, 0.1) is 5.92 Å². The highest BCUT2D eigenvalue weighted by atomic mass is 35.5. The first-order valence-corrected chi connectivity index (χ1v) is 13.1. The van der Waals surface area contributed by atoms with E-state index in [1.165, 1.54) is 78.2 Å². The van der Waals surface area contributed by atoms with Gasteiger partial charge in [0.25, 0.3) is 0 Å². The quantitative estimate of drug-likeness (QED) is 0.484. The highest BCUT2D eigenvalue weighted by molar-refractivity contribution is 7.17. The van der Waals surface area contributed by atoms with Gasteiger partial charge in [0, 0.05) is 46.3 Å². The molecule has 5 rings (SSSR count). The van der Waals surface area contributed by atoms with Crippen LogP contribution in [0.2, 0.25) is 0 Å². The maximum Gasteiger partial charge on any atom is 0.180 e. The van der Waals surface area contributed by atoms with Crippen LogP contribution in [0.25, 0.3) is 10.1 Å². The Morgan fingerprint density at radius 1 is 1.19 bits per heavy atom. The van der Waals surface area contributed by atoms with Crippen molar-refractivity contribution in [1.29, 1.82) is 0 Å². The highest BCUT2D eigenvalue weighted by Gasteiger charge is 2.29. The molecule has 0 bridgehead atoms. The summed E-state index contributed by atoms with van der Waals surface area (Å²) in [6.07, 6.45) is 7.29. The van der Waals surface area contributed by atoms with Crippen LogP contribution in [0.3, 0.4) is 0 Å². The molecule has 0 amide bonds. The third-order valence-electron chi connectivity index (χ3n) is 6.88. The van der Waals surface area contributed by atoms with Gasteiger partial charge in [-0.1, -0.05) is 13.0 Å². The number of benzene rings is 1. The van der Waals surface area contributed by atoms with Crippen molar-refractivity contribution < 1.29 is 0 Å². The van der Waals surface area contributed by atoms with E-state index in [2.05, 4.69) is 51.4 Å². The predicted octanol–water partition coefficient (Wildman–Crippen LogP) is 5.85. The van der Waals surface area contributed by atoms with Crippen LogP contribution in [0.1, 0.15) is 43.2 Å². The number of piperidine rings is 1. The van der Waals surface area contributed by atoms with Crippen molar-refractivity contribution in [2.24, 2.45) is 5.92 Å². The number of thiazole rings is 1. The lowest BCUT2D eigenvalue weighted by atomic mass is 9.91. The minimum absolute atomic E-state index is 0. The molecule has 1 fully saturated rings. The Kier molecular flexibility index (Phi) is 7.42. The molecule has 168 valence electrons. The standard InChI is InChI=1S/C24H32N4S2.ClH/c1-2-11-28(18-6-7-20-23(15-18)30-24(25)26-20)16-17-8-12-27(13-9-17)21-4-3-5-22-19(21)10-14-29-22;/h3-5,10,14,17-18H,2,6-9,11-13,15-16H2,1H3,(H2,25,26);1H/t18-;/m1./s1. The molecule has 1 aliphatic heterocycles. The van der Waals surface area contributed by atoms with Crippen LogP contribution in [0.4, 0.5) is 10.8 Å². The van der Waals surface area contributed by atoms with Crippen LogP contribution in [-0.2, 0) is 12.8 Å². The number of halogens is 1. The van der Waals surface area contributed by atoms with Crippen molar-refractivity contribution in [2.45, 2.75) is 51.5 Å². The Balaban J connectivity index is 0.00000231. The summed E-state index contributed by atoms with van der Waals surface area (Å²) in [5, 5.41) is 4.39. The molecule has 1 saturated heterocycles. The number of rotatable bonds is 6. The number of nitrogen functional groups attached to an aromatic ring is 1. The average Bonchev–Trinajstić information content (AvgIpc) is 3.38. The fourth-order valence-corrected chi connectivity index (χ4v) is 7.10. The monoisotopic (exact) mass is 476 g/mol. The third kappa shape index (κ3) is 4.87. The van der Waals surface area contributed by atoms with E-state index >= 15 is 0 Å². The molecule has 2 aromatic heterocycles. The molecule has 3 aromatic rings. The maximum absolute atomic E-state index is 5.97. The largest absolute Gasteiger partial charge is 0.375 e. The molecule has 31 heavy (non-hydrogen) atoms. The normalized spacial score (nSPS) is 19.5. The van der Waals surface area contributed by atoms with Crippen LogP contribution in [0.15, 0.2) is 29.6 Å². The predicted molar refractivity (Wildman–Crippen MR) is 138 cm³/mol. The van der Waals surface area contributed by atoms with Crippen molar-refractivity contribution >= 4 is 56.0 Å². The van der Waals surface area contributed by atoms with E-state index in [4.69, 9.17) is 5.73 Å². The van der Waals surface area contributed by atoms with Gasteiger partial charge in [-0.15, -0.1) is 35.1 Å². The van der Waals surface area contributed by atoms with Crippen LogP contribution in [0.5, 0.6) is 0 Å². The second-order valence-electron chi connectivity index (χ2n) is 8.85. The second-order valence-corrected chi connectivity index (χ2v) is 10.9. The van der Waals surface area contributed by atoms with Crippen LogP contribution in [-0.4, -0.2) is 42.1 Å². The van der Waals surface area contributed by atoms with Gasteiger partial charge in [-0.3, -0.25) is 4.90 Å². The summed E-state index contributed by atoms with van der Waals surface area (Å²) in [6.45, 7) is 7.14. The minimum Gasteiger partial charge on any atom is -0.375 e. The molecule has 4 nitrogen and oxygen atoms in total. The van der Waals surface area contributed by atoms with E-state index in [0.29, 0.717) is 6.04 Å². The van der Waals surface area contributed by atoms with Gasteiger partial charge in [0.15, 0.2) is 5.13 Å². The lowest BCUT2D eigenvalue weighted by Crippen LogP contribution is -2.45. The molecule has 0 unspecified atom stereocenters. The zero-order valence-electron chi connectivity index (χ0n) is 18.3. The molecule has 2 N–H and O–H groups in total. The van der Waals surface area contributed by atoms with E-state index in [9.17, 15) is 0 Å². The maximum atomic E-state index is 5.97. The van der Waals surface area contributed by atoms with Gasteiger partial charge in [0.2, 0.25) is 0 Å². The van der Waals surface area contributed by atoms with Crippen molar-refractivity contribution in [3.63, 3.8) is 0 Å². The van der Waals surface area contributed by atoms with E-state index in [0.717, 1.165) is 23.9 Å². The molecule has 1 atom stereocenters. The van der Waals surface area contributed by atoms with Gasteiger partial charge in [-0.25, -0.2) is 4.98 Å². The summed E-state index contributed by atoms with van der Waals surface area (Å²) >= 11 is 3.56. The molecule has 3 heterocycles. The molecule has 2 aliphatic rings. The van der Waals surface area contributed by atoms with Crippen molar-refractivity contribution in [3.8, 4) is 0 Å². The smallest absolute Gasteiger partial charge is 0.180 e. The first-order chi connectivity index (χ1) is 14.7.